The van der Waals surface area contributed by atoms with Gasteiger partial charge in [0.15, 0.2) is 17.3 Å². The van der Waals surface area contributed by atoms with Crippen molar-refractivity contribution < 1.29 is 24.9 Å². The molecule has 0 saturated carbocycles. The summed E-state index contributed by atoms with van der Waals surface area (Å²) >= 11 is 0. The molecule has 1 fully saturated rings. The summed E-state index contributed by atoms with van der Waals surface area (Å²) in [6.07, 6.45) is 1.12. The van der Waals surface area contributed by atoms with E-state index in [0.717, 1.165) is 0 Å². The molecule has 1 heterocycles. The van der Waals surface area contributed by atoms with E-state index in [2.05, 4.69) is 0 Å². The maximum absolute atomic E-state index is 12.1. The Labute approximate surface area is 123 Å². The van der Waals surface area contributed by atoms with Gasteiger partial charge in [-0.2, -0.15) is 0 Å². The Kier molecular flexibility index (Phi) is 4.82. The maximum Gasteiger partial charge on any atom is 0.176 e. The van der Waals surface area contributed by atoms with Crippen LogP contribution in [0.3, 0.4) is 0 Å². The zero-order valence-electron chi connectivity index (χ0n) is 12.1. The van der Waals surface area contributed by atoms with E-state index in [4.69, 9.17) is 4.74 Å². The third-order valence-electron chi connectivity index (χ3n) is 3.70. The van der Waals surface area contributed by atoms with Crippen molar-refractivity contribution in [3.63, 3.8) is 0 Å². The predicted octanol–water partition coefficient (Wildman–Crippen LogP) is 0.754. The van der Waals surface area contributed by atoms with Crippen molar-refractivity contribution in [2.45, 2.75) is 18.4 Å². The van der Waals surface area contributed by atoms with Crippen molar-refractivity contribution in [3.8, 4) is 11.5 Å². The van der Waals surface area contributed by atoms with Gasteiger partial charge in [-0.3, -0.25) is 9.69 Å². The summed E-state index contributed by atoms with van der Waals surface area (Å²) in [5.74, 6) is -0.744. The molecule has 0 spiro atoms. The SMILES string of the molecule is CN(CC(=O)c1ccc(O)c(O)c1)CC1(O)CCOCC1. The number of likely N-dealkylation sites (N-methyl/N-ethyl adjacent to an activating group) is 1. The standard InChI is InChI=1S/C15H21NO5/c1-16(10-15(20)4-6-21-7-5-15)9-14(19)11-2-3-12(17)13(18)8-11/h2-3,8,17-18,20H,4-7,9-10H2,1H3. The molecule has 1 saturated heterocycles. The molecular weight excluding hydrogens is 274 g/mol. The first-order chi connectivity index (χ1) is 9.89. The number of aliphatic hydroxyl groups is 1. The van der Waals surface area contributed by atoms with Gasteiger partial charge < -0.3 is 20.1 Å². The Bertz CT molecular complexity index is 511. The van der Waals surface area contributed by atoms with Crippen LogP contribution in [0.1, 0.15) is 23.2 Å². The Balaban J connectivity index is 1.93. The minimum atomic E-state index is -0.815. The van der Waals surface area contributed by atoms with Gasteiger partial charge in [-0.25, -0.2) is 0 Å². The van der Waals surface area contributed by atoms with Crippen molar-refractivity contribution in [1.82, 2.24) is 4.90 Å². The summed E-state index contributed by atoms with van der Waals surface area (Å²) in [6, 6.07) is 4.00. The number of hydrogen-bond donors (Lipinski definition) is 3. The van der Waals surface area contributed by atoms with Crippen molar-refractivity contribution in [2.24, 2.45) is 0 Å². The summed E-state index contributed by atoms with van der Waals surface area (Å²) in [5, 5.41) is 29.1. The van der Waals surface area contributed by atoms with E-state index in [1.165, 1.54) is 18.2 Å². The van der Waals surface area contributed by atoms with Gasteiger partial charge in [0, 0.05) is 38.2 Å². The van der Waals surface area contributed by atoms with Crippen LogP contribution in [-0.2, 0) is 4.74 Å². The molecule has 0 amide bonds. The average molecular weight is 295 g/mol. The molecule has 3 N–H and O–H groups in total. The van der Waals surface area contributed by atoms with E-state index in [1.807, 2.05) is 0 Å². The number of carbonyl (C=O) groups excluding carboxylic acids is 1. The zero-order chi connectivity index (χ0) is 15.5. The Hall–Kier alpha value is -1.63. The van der Waals surface area contributed by atoms with Gasteiger partial charge in [0.1, 0.15) is 0 Å². The number of hydrogen-bond acceptors (Lipinski definition) is 6. The third-order valence-corrected chi connectivity index (χ3v) is 3.70. The quantitative estimate of drug-likeness (QED) is 0.549. The van der Waals surface area contributed by atoms with Crippen LogP contribution in [-0.4, -0.2) is 65.0 Å². The highest BCUT2D eigenvalue weighted by molar-refractivity contribution is 5.98. The van der Waals surface area contributed by atoms with Gasteiger partial charge in [-0.15, -0.1) is 0 Å². The van der Waals surface area contributed by atoms with E-state index in [1.54, 1.807) is 11.9 Å². The molecule has 0 bridgehead atoms. The number of rotatable bonds is 5. The summed E-state index contributed by atoms with van der Waals surface area (Å²) in [4.78, 5) is 13.9. The molecule has 0 aromatic heterocycles. The van der Waals surface area contributed by atoms with Crippen LogP contribution in [0.4, 0.5) is 0 Å². The number of benzene rings is 1. The second-order valence-corrected chi connectivity index (χ2v) is 5.64. The number of Topliss-reactive ketones (excluding diaryl/α,β-unsaturated/α-hetero) is 1. The number of nitrogens with zero attached hydrogens (tertiary/aromatic N) is 1. The van der Waals surface area contributed by atoms with E-state index in [-0.39, 0.29) is 23.8 Å². The minimum absolute atomic E-state index is 0.132. The fourth-order valence-electron chi connectivity index (χ4n) is 2.50. The molecule has 1 aromatic carbocycles. The molecule has 0 unspecified atom stereocenters. The van der Waals surface area contributed by atoms with Crippen LogP contribution in [0, 0.1) is 0 Å². The minimum Gasteiger partial charge on any atom is -0.504 e. The van der Waals surface area contributed by atoms with E-state index >= 15 is 0 Å². The highest BCUT2D eigenvalue weighted by atomic mass is 16.5. The molecule has 2 rings (SSSR count). The van der Waals surface area contributed by atoms with Crippen LogP contribution >= 0.6 is 0 Å². The Morgan fingerprint density at radius 3 is 2.57 bits per heavy atom. The number of phenolic OH excluding ortho intramolecular Hbond substituents is 2. The number of ketones is 1. The lowest BCUT2D eigenvalue weighted by atomic mass is 9.94. The maximum atomic E-state index is 12.1. The number of ether oxygens (including phenoxy) is 1. The van der Waals surface area contributed by atoms with Gasteiger partial charge >= 0.3 is 0 Å². The molecule has 0 radical (unpaired) electrons. The molecule has 21 heavy (non-hydrogen) atoms. The highest BCUT2D eigenvalue weighted by Crippen LogP contribution is 2.25. The van der Waals surface area contributed by atoms with E-state index in [9.17, 15) is 20.1 Å². The molecule has 6 heteroatoms. The van der Waals surface area contributed by atoms with Crippen LogP contribution in [0.2, 0.25) is 0 Å². The molecule has 116 valence electrons. The average Bonchev–Trinajstić information content (AvgIpc) is 2.41. The first-order valence-corrected chi connectivity index (χ1v) is 6.93. The Morgan fingerprint density at radius 2 is 1.95 bits per heavy atom. The fourth-order valence-corrected chi connectivity index (χ4v) is 2.50. The first kappa shape index (κ1) is 15.8. The third kappa shape index (κ3) is 4.17. The zero-order valence-corrected chi connectivity index (χ0v) is 12.1. The van der Waals surface area contributed by atoms with Crippen LogP contribution in [0.5, 0.6) is 11.5 Å². The predicted molar refractivity (Wildman–Crippen MR) is 76.6 cm³/mol. The summed E-state index contributed by atoms with van der Waals surface area (Å²) in [6.45, 7) is 1.59. The van der Waals surface area contributed by atoms with Gasteiger partial charge in [0.25, 0.3) is 0 Å². The molecule has 6 nitrogen and oxygen atoms in total. The first-order valence-electron chi connectivity index (χ1n) is 6.93. The lowest BCUT2D eigenvalue weighted by Gasteiger charge is -2.35. The molecule has 1 aromatic rings. The molecule has 1 aliphatic heterocycles. The van der Waals surface area contributed by atoms with Crippen molar-refractivity contribution in [2.75, 3.05) is 33.4 Å². The summed E-state index contributed by atoms with van der Waals surface area (Å²) in [7, 11) is 1.77. The number of carbonyl (C=O) groups is 1. The van der Waals surface area contributed by atoms with Crippen molar-refractivity contribution in [1.29, 1.82) is 0 Å². The van der Waals surface area contributed by atoms with Crippen LogP contribution < -0.4 is 0 Å². The molecule has 1 aliphatic rings. The van der Waals surface area contributed by atoms with Crippen molar-refractivity contribution in [3.05, 3.63) is 23.8 Å². The van der Waals surface area contributed by atoms with E-state index < -0.39 is 5.60 Å². The van der Waals surface area contributed by atoms with Crippen molar-refractivity contribution >= 4 is 5.78 Å². The van der Waals surface area contributed by atoms with Crippen LogP contribution in [0.25, 0.3) is 0 Å². The monoisotopic (exact) mass is 295 g/mol. The largest absolute Gasteiger partial charge is 0.504 e. The lowest BCUT2D eigenvalue weighted by Crippen LogP contribution is -2.46. The number of phenols is 2. The van der Waals surface area contributed by atoms with E-state index in [0.29, 0.717) is 38.2 Å². The summed E-state index contributed by atoms with van der Waals surface area (Å²) < 4.78 is 5.22. The molecule has 0 aliphatic carbocycles. The second kappa shape index (κ2) is 6.43. The Morgan fingerprint density at radius 1 is 1.29 bits per heavy atom. The smallest absolute Gasteiger partial charge is 0.176 e. The normalized spacial score (nSPS) is 17.9. The van der Waals surface area contributed by atoms with Gasteiger partial charge in [-0.1, -0.05) is 0 Å². The van der Waals surface area contributed by atoms with Gasteiger partial charge in [-0.05, 0) is 25.2 Å². The van der Waals surface area contributed by atoms with Crippen LogP contribution in [0.15, 0.2) is 18.2 Å². The number of aromatic hydroxyl groups is 2. The topological polar surface area (TPSA) is 90.2 Å². The summed E-state index contributed by atoms with van der Waals surface area (Å²) in [5.41, 5.74) is -0.485. The second-order valence-electron chi connectivity index (χ2n) is 5.64. The lowest BCUT2D eigenvalue weighted by molar-refractivity contribution is -0.0758. The fraction of sp³-hybridized carbons (Fsp3) is 0.533. The highest BCUT2D eigenvalue weighted by Gasteiger charge is 2.31. The molecule has 0 atom stereocenters. The van der Waals surface area contributed by atoms with Gasteiger partial charge in [0.05, 0.1) is 12.1 Å². The van der Waals surface area contributed by atoms with Gasteiger partial charge in [0.2, 0.25) is 0 Å². The molecular formula is C15H21NO5.